The quantitative estimate of drug-likeness (QED) is 0.603. The van der Waals surface area contributed by atoms with Crippen LogP contribution in [0.15, 0.2) is 24.3 Å². The van der Waals surface area contributed by atoms with E-state index in [2.05, 4.69) is 10.6 Å². The van der Waals surface area contributed by atoms with Crippen molar-refractivity contribution in [2.24, 2.45) is 0 Å². The maximum Gasteiger partial charge on any atom is 0.313 e. The van der Waals surface area contributed by atoms with Crippen molar-refractivity contribution >= 4 is 17.5 Å². The molecule has 0 atom stereocenters. The molecule has 0 spiro atoms. The van der Waals surface area contributed by atoms with E-state index in [0.717, 1.165) is 12.3 Å². The van der Waals surface area contributed by atoms with Gasteiger partial charge in [-0.2, -0.15) is 0 Å². The molecule has 0 aromatic heterocycles. The van der Waals surface area contributed by atoms with Gasteiger partial charge in [0.1, 0.15) is 5.75 Å². The number of hydrogen-bond acceptors (Lipinski definition) is 3. The number of hydrogen-bond donors (Lipinski definition) is 3. The van der Waals surface area contributed by atoms with Crippen molar-refractivity contribution in [3.05, 3.63) is 24.3 Å². The van der Waals surface area contributed by atoms with Crippen molar-refractivity contribution in [1.82, 2.24) is 5.32 Å². The van der Waals surface area contributed by atoms with Crippen LogP contribution in [-0.2, 0) is 9.59 Å². The first-order valence-corrected chi connectivity index (χ1v) is 6.64. The van der Waals surface area contributed by atoms with E-state index >= 15 is 0 Å². The van der Waals surface area contributed by atoms with Crippen LogP contribution in [0.25, 0.3) is 0 Å². The lowest BCUT2D eigenvalue weighted by atomic mass is 10.3. The molecule has 6 heteroatoms. The first kappa shape index (κ1) is 16.0. The van der Waals surface area contributed by atoms with E-state index in [1.807, 2.05) is 21.0 Å². The fourth-order valence-corrected chi connectivity index (χ4v) is 1.50. The lowest BCUT2D eigenvalue weighted by Gasteiger charge is -2.09. The molecule has 0 saturated carbocycles. The van der Waals surface area contributed by atoms with Crippen molar-refractivity contribution < 1.29 is 19.2 Å². The third-order valence-corrected chi connectivity index (χ3v) is 2.54. The minimum Gasteiger partial charge on any atom is -0.494 e. The second-order valence-corrected chi connectivity index (χ2v) is 4.62. The Hall–Kier alpha value is -2.08. The first-order chi connectivity index (χ1) is 9.52. The molecule has 6 nitrogen and oxygen atoms in total. The molecule has 0 radical (unpaired) electrons. The van der Waals surface area contributed by atoms with Crippen LogP contribution < -0.4 is 20.3 Å². The molecule has 0 aliphatic heterocycles. The zero-order valence-corrected chi connectivity index (χ0v) is 12.2. The van der Waals surface area contributed by atoms with Gasteiger partial charge in [-0.1, -0.05) is 0 Å². The predicted octanol–water partition coefficient (Wildman–Crippen LogP) is -0.715. The summed E-state index contributed by atoms with van der Waals surface area (Å²) >= 11 is 0. The molecular formula is C14H22N3O3+. The fourth-order valence-electron chi connectivity index (χ4n) is 1.50. The fraction of sp³-hybridized carbons (Fsp3) is 0.429. The summed E-state index contributed by atoms with van der Waals surface area (Å²) in [4.78, 5) is 24.4. The van der Waals surface area contributed by atoms with Crippen LogP contribution in [0.2, 0.25) is 0 Å². The molecule has 2 amide bonds. The minimum atomic E-state index is -0.664. The van der Waals surface area contributed by atoms with Crippen molar-refractivity contribution in [3.63, 3.8) is 0 Å². The van der Waals surface area contributed by atoms with E-state index in [0.29, 0.717) is 18.8 Å². The summed E-state index contributed by atoms with van der Waals surface area (Å²) in [6, 6.07) is 6.87. The van der Waals surface area contributed by atoms with Gasteiger partial charge in [0.15, 0.2) is 0 Å². The standard InChI is InChI=1S/C14H21N3O3/c1-4-20-12-7-5-11(6-8-12)16-14(19)13(18)15-9-10-17(2)3/h5-8H,4,9-10H2,1-3H3,(H,15,18)(H,16,19)/p+1. The molecule has 1 aromatic rings. The molecule has 20 heavy (non-hydrogen) atoms. The van der Waals surface area contributed by atoms with Crippen LogP contribution in [0.4, 0.5) is 5.69 Å². The number of likely N-dealkylation sites (N-methyl/N-ethyl adjacent to an activating group) is 1. The van der Waals surface area contributed by atoms with Gasteiger partial charge in [0.25, 0.3) is 0 Å². The van der Waals surface area contributed by atoms with Gasteiger partial charge in [0.2, 0.25) is 0 Å². The Morgan fingerprint density at radius 2 is 1.80 bits per heavy atom. The summed E-state index contributed by atoms with van der Waals surface area (Å²) in [6.45, 7) is 3.72. The van der Waals surface area contributed by atoms with E-state index in [1.165, 1.54) is 4.90 Å². The third-order valence-electron chi connectivity index (χ3n) is 2.54. The highest BCUT2D eigenvalue weighted by molar-refractivity contribution is 6.39. The summed E-state index contributed by atoms with van der Waals surface area (Å²) in [5.74, 6) is -0.563. The highest BCUT2D eigenvalue weighted by Crippen LogP contribution is 2.15. The van der Waals surface area contributed by atoms with Crippen LogP contribution in [0, 0.1) is 0 Å². The number of carbonyl (C=O) groups excluding carboxylic acids is 2. The molecule has 0 fully saturated rings. The molecule has 1 aromatic carbocycles. The Balaban J connectivity index is 2.42. The van der Waals surface area contributed by atoms with E-state index < -0.39 is 11.8 Å². The lowest BCUT2D eigenvalue weighted by Crippen LogP contribution is -3.06. The van der Waals surface area contributed by atoms with Crippen molar-refractivity contribution in [2.45, 2.75) is 6.92 Å². The predicted molar refractivity (Wildman–Crippen MR) is 76.9 cm³/mol. The number of amides is 2. The molecule has 110 valence electrons. The van der Waals surface area contributed by atoms with Crippen LogP contribution in [0.3, 0.4) is 0 Å². The summed E-state index contributed by atoms with van der Waals surface area (Å²) in [5.41, 5.74) is 0.562. The average molecular weight is 280 g/mol. The maximum absolute atomic E-state index is 11.6. The highest BCUT2D eigenvalue weighted by atomic mass is 16.5. The van der Waals surface area contributed by atoms with Gasteiger partial charge in [0, 0.05) is 5.69 Å². The van der Waals surface area contributed by atoms with Crippen molar-refractivity contribution in [2.75, 3.05) is 39.1 Å². The Morgan fingerprint density at radius 3 is 2.35 bits per heavy atom. The monoisotopic (exact) mass is 280 g/mol. The Kier molecular flexibility index (Phi) is 6.52. The topological polar surface area (TPSA) is 71.9 Å². The highest BCUT2D eigenvalue weighted by Gasteiger charge is 2.13. The molecular weight excluding hydrogens is 258 g/mol. The molecule has 0 bridgehead atoms. The molecule has 0 saturated heterocycles. The number of benzene rings is 1. The van der Waals surface area contributed by atoms with Crippen LogP contribution in [0.1, 0.15) is 6.92 Å². The number of nitrogens with one attached hydrogen (secondary N) is 3. The molecule has 0 unspecified atom stereocenters. The SMILES string of the molecule is CCOc1ccc(NC(=O)C(=O)NCC[NH+](C)C)cc1. The van der Waals surface area contributed by atoms with Gasteiger partial charge < -0.3 is 20.3 Å². The molecule has 0 heterocycles. The van der Waals surface area contributed by atoms with E-state index in [9.17, 15) is 9.59 Å². The summed E-state index contributed by atoms with van der Waals surface area (Å²) in [7, 11) is 3.96. The minimum absolute atomic E-state index is 0.470. The van der Waals surface area contributed by atoms with E-state index in [1.54, 1.807) is 24.3 Å². The first-order valence-electron chi connectivity index (χ1n) is 6.64. The lowest BCUT2D eigenvalue weighted by molar-refractivity contribution is -0.856. The number of ether oxygens (including phenoxy) is 1. The van der Waals surface area contributed by atoms with Crippen LogP contribution in [-0.4, -0.2) is 45.6 Å². The smallest absolute Gasteiger partial charge is 0.313 e. The van der Waals surface area contributed by atoms with Gasteiger partial charge >= 0.3 is 11.8 Å². The molecule has 0 aliphatic carbocycles. The van der Waals surface area contributed by atoms with Gasteiger partial charge in [-0.05, 0) is 31.2 Å². The van der Waals surface area contributed by atoms with Gasteiger partial charge in [-0.3, -0.25) is 9.59 Å². The maximum atomic E-state index is 11.6. The summed E-state index contributed by atoms with van der Waals surface area (Å²) in [5, 5.41) is 5.11. The second kappa shape index (κ2) is 8.16. The van der Waals surface area contributed by atoms with E-state index in [4.69, 9.17) is 4.74 Å². The van der Waals surface area contributed by atoms with Crippen molar-refractivity contribution in [3.8, 4) is 5.75 Å². The third kappa shape index (κ3) is 5.71. The Labute approximate surface area is 119 Å². The summed E-state index contributed by atoms with van der Waals surface area (Å²) < 4.78 is 5.29. The zero-order chi connectivity index (χ0) is 15.0. The Morgan fingerprint density at radius 1 is 1.15 bits per heavy atom. The van der Waals surface area contributed by atoms with Crippen LogP contribution in [0.5, 0.6) is 5.75 Å². The van der Waals surface area contributed by atoms with E-state index in [-0.39, 0.29) is 0 Å². The van der Waals surface area contributed by atoms with Crippen molar-refractivity contribution in [1.29, 1.82) is 0 Å². The number of anilines is 1. The van der Waals surface area contributed by atoms with Gasteiger partial charge in [0.05, 0.1) is 33.8 Å². The molecule has 1 rings (SSSR count). The normalized spacial score (nSPS) is 10.2. The molecule has 3 N–H and O–H groups in total. The Bertz CT molecular complexity index is 443. The largest absolute Gasteiger partial charge is 0.494 e. The number of carbonyl (C=O) groups is 2. The number of rotatable bonds is 6. The van der Waals surface area contributed by atoms with Gasteiger partial charge in [-0.25, -0.2) is 0 Å². The number of quaternary nitrogens is 1. The summed E-state index contributed by atoms with van der Waals surface area (Å²) in [6.07, 6.45) is 0. The van der Waals surface area contributed by atoms with Crippen LogP contribution >= 0.6 is 0 Å². The zero-order valence-electron chi connectivity index (χ0n) is 12.2. The van der Waals surface area contributed by atoms with Gasteiger partial charge in [-0.15, -0.1) is 0 Å². The average Bonchev–Trinajstić information content (AvgIpc) is 2.40. The second-order valence-electron chi connectivity index (χ2n) is 4.62. The molecule has 0 aliphatic rings.